The van der Waals surface area contributed by atoms with E-state index in [-0.39, 0.29) is 0 Å². The first kappa shape index (κ1) is 12.6. The van der Waals surface area contributed by atoms with Gasteiger partial charge in [-0.3, -0.25) is 0 Å². The lowest BCUT2D eigenvalue weighted by Gasteiger charge is -2.29. The predicted molar refractivity (Wildman–Crippen MR) is 73.0 cm³/mol. The lowest BCUT2D eigenvalue weighted by molar-refractivity contribution is 0.202. The van der Waals surface area contributed by atoms with E-state index >= 15 is 0 Å². The molecular formula is C15H24N2. The summed E-state index contributed by atoms with van der Waals surface area (Å²) in [5, 5.41) is 0. The summed E-state index contributed by atoms with van der Waals surface area (Å²) in [6.07, 6.45) is 5.14. The maximum absolute atomic E-state index is 5.84. The second kappa shape index (κ2) is 6.18. The van der Waals surface area contributed by atoms with Crippen LogP contribution in [0.5, 0.6) is 0 Å². The monoisotopic (exact) mass is 232 g/mol. The molecule has 0 bridgehead atoms. The lowest BCUT2D eigenvalue weighted by Crippen LogP contribution is -2.38. The van der Waals surface area contributed by atoms with E-state index in [0.717, 1.165) is 25.4 Å². The van der Waals surface area contributed by atoms with Crippen molar-refractivity contribution >= 4 is 0 Å². The van der Waals surface area contributed by atoms with Crippen molar-refractivity contribution in [3.63, 3.8) is 0 Å². The molecule has 94 valence electrons. The van der Waals surface area contributed by atoms with Crippen LogP contribution in [0.25, 0.3) is 0 Å². The van der Waals surface area contributed by atoms with Gasteiger partial charge in [0, 0.05) is 12.6 Å². The largest absolute Gasteiger partial charge is 0.330 e. The first-order valence-corrected chi connectivity index (χ1v) is 6.75. The van der Waals surface area contributed by atoms with Crippen LogP contribution in [0, 0.1) is 5.92 Å². The molecule has 0 aromatic heterocycles. The Morgan fingerprint density at radius 3 is 2.71 bits per heavy atom. The smallest absolute Gasteiger partial charge is 0.0133 e. The molecule has 1 saturated carbocycles. The van der Waals surface area contributed by atoms with Gasteiger partial charge in [-0.15, -0.1) is 0 Å². The Kier molecular flexibility index (Phi) is 4.57. The number of nitrogens with two attached hydrogens (primary N) is 1. The Hall–Kier alpha value is -0.860. The topological polar surface area (TPSA) is 29.3 Å². The number of benzene rings is 1. The fourth-order valence-corrected chi connectivity index (χ4v) is 2.99. The van der Waals surface area contributed by atoms with Crippen molar-refractivity contribution in [1.29, 1.82) is 0 Å². The number of nitrogens with zero attached hydrogens (tertiary/aromatic N) is 1. The van der Waals surface area contributed by atoms with E-state index in [9.17, 15) is 0 Å². The molecule has 2 unspecified atom stereocenters. The molecule has 0 amide bonds. The molecule has 0 spiro atoms. The van der Waals surface area contributed by atoms with Crippen LogP contribution in [0.15, 0.2) is 30.3 Å². The van der Waals surface area contributed by atoms with Gasteiger partial charge in [0.05, 0.1) is 0 Å². The van der Waals surface area contributed by atoms with Crippen molar-refractivity contribution in [2.24, 2.45) is 11.7 Å². The molecule has 2 heteroatoms. The minimum atomic E-state index is 0.712. The van der Waals surface area contributed by atoms with E-state index in [1.807, 2.05) is 0 Å². The maximum atomic E-state index is 5.84. The highest BCUT2D eigenvalue weighted by Crippen LogP contribution is 2.28. The first-order valence-electron chi connectivity index (χ1n) is 6.75. The van der Waals surface area contributed by atoms with Crippen molar-refractivity contribution < 1.29 is 0 Å². The number of hydrogen-bond acceptors (Lipinski definition) is 2. The summed E-state index contributed by atoms with van der Waals surface area (Å²) in [5.41, 5.74) is 7.27. The lowest BCUT2D eigenvalue weighted by atomic mass is 10.0. The van der Waals surface area contributed by atoms with Crippen LogP contribution in [0.1, 0.15) is 24.8 Å². The van der Waals surface area contributed by atoms with Crippen LogP contribution in [0.4, 0.5) is 0 Å². The van der Waals surface area contributed by atoms with E-state index in [2.05, 4.69) is 42.3 Å². The van der Waals surface area contributed by atoms with Crippen LogP contribution in [0.3, 0.4) is 0 Å². The van der Waals surface area contributed by atoms with E-state index in [1.54, 1.807) is 0 Å². The number of rotatable bonds is 5. The van der Waals surface area contributed by atoms with Crippen LogP contribution in [-0.2, 0) is 6.42 Å². The Labute approximate surface area is 105 Å². The fraction of sp³-hybridized carbons (Fsp3) is 0.600. The van der Waals surface area contributed by atoms with E-state index in [4.69, 9.17) is 5.73 Å². The molecule has 0 heterocycles. The molecule has 2 rings (SSSR count). The summed E-state index contributed by atoms with van der Waals surface area (Å²) >= 11 is 0. The minimum Gasteiger partial charge on any atom is -0.330 e. The van der Waals surface area contributed by atoms with E-state index < -0.39 is 0 Å². The average molecular weight is 232 g/mol. The summed E-state index contributed by atoms with van der Waals surface area (Å²) in [4.78, 5) is 2.51. The van der Waals surface area contributed by atoms with Gasteiger partial charge >= 0.3 is 0 Å². The third-order valence-corrected chi connectivity index (χ3v) is 4.08. The van der Waals surface area contributed by atoms with Crippen LogP contribution < -0.4 is 5.73 Å². The van der Waals surface area contributed by atoms with E-state index in [0.29, 0.717) is 6.04 Å². The molecule has 2 N–H and O–H groups in total. The number of likely N-dealkylation sites (N-methyl/N-ethyl adjacent to an activating group) is 1. The summed E-state index contributed by atoms with van der Waals surface area (Å²) in [5.74, 6) is 0.718. The molecule has 2 atom stereocenters. The van der Waals surface area contributed by atoms with Crippen LogP contribution in [0.2, 0.25) is 0 Å². The third kappa shape index (κ3) is 3.30. The predicted octanol–water partition coefficient (Wildman–Crippen LogP) is 2.29. The molecule has 17 heavy (non-hydrogen) atoms. The van der Waals surface area contributed by atoms with Gasteiger partial charge < -0.3 is 10.6 Å². The summed E-state index contributed by atoms with van der Waals surface area (Å²) < 4.78 is 0. The Balaban J connectivity index is 1.83. The zero-order valence-corrected chi connectivity index (χ0v) is 10.8. The minimum absolute atomic E-state index is 0.712. The normalized spacial score (nSPS) is 24.4. The summed E-state index contributed by atoms with van der Waals surface area (Å²) in [6.45, 7) is 1.99. The molecule has 1 aromatic rings. The van der Waals surface area contributed by atoms with Gasteiger partial charge in [-0.1, -0.05) is 36.8 Å². The van der Waals surface area contributed by atoms with Gasteiger partial charge in [-0.25, -0.2) is 0 Å². The zero-order chi connectivity index (χ0) is 12.1. The van der Waals surface area contributed by atoms with Gasteiger partial charge in [-0.05, 0) is 44.3 Å². The highest BCUT2D eigenvalue weighted by atomic mass is 15.1. The summed E-state index contributed by atoms with van der Waals surface area (Å²) in [6, 6.07) is 11.4. The molecule has 1 aliphatic carbocycles. The molecule has 1 aromatic carbocycles. The van der Waals surface area contributed by atoms with Crippen molar-refractivity contribution in [3.05, 3.63) is 35.9 Å². The van der Waals surface area contributed by atoms with Crippen molar-refractivity contribution in [2.75, 3.05) is 20.1 Å². The zero-order valence-electron chi connectivity index (χ0n) is 10.8. The fourth-order valence-electron chi connectivity index (χ4n) is 2.99. The average Bonchev–Trinajstić information content (AvgIpc) is 2.85. The van der Waals surface area contributed by atoms with Gasteiger partial charge in [0.1, 0.15) is 0 Å². The highest BCUT2D eigenvalue weighted by molar-refractivity contribution is 5.14. The maximum Gasteiger partial charge on any atom is 0.0133 e. The Bertz CT molecular complexity index is 323. The number of hydrogen-bond donors (Lipinski definition) is 1. The van der Waals surface area contributed by atoms with Crippen molar-refractivity contribution in [2.45, 2.75) is 31.7 Å². The van der Waals surface area contributed by atoms with Crippen LogP contribution >= 0.6 is 0 Å². The van der Waals surface area contributed by atoms with Gasteiger partial charge in [0.15, 0.2) is 0 Å². The third-order valence-electron chi connectivity index (χ3n) is 4.08. The van der Waals surface area contributed by atoms with Gasteiger partial charge in [0.25, 0.3) is 0 Å². The molecule has 0 radical (unpaired) electrons. The second-order valence-corrected chi connectivity index (χ2v) is 5.21. The quantitative estimate of drug-likeness (QED) is 0.844. The highest BCUT2D eigenvalue weighted by Gasteiger charge is 2.28. The SMILES string of the molecule is CN(CCc1ccccc1)C1CCCC1CN. The summed E-state index contributed by atoms with van der Waals surface area (Å²) in [7, 11) is 2.25. The Morgan fingerprint density at radius 1 is 1.24 bits per heavy atom. The Morgan fingerprint density at radius 2 is 2.00 bits per heavy atom. The molecular weight excluding hydrogens is 208 g/mol. The van der Waals surface area contributed by atoms with Crippen molar-refractivity contribution in [1.82, 2.24) is 4.90 Å². The van der Waals surface area contributed by atoms with E-state index in [1.165, 1.54) is 24.8 Å². The van der Waals surface area contributed by atoms with Gasteiger partial charge in [0.2, 0.25) is 0 Å². The van der Waals surface area contributed by atoms with Crippen LogP contribution in [-0.4, -0.2) is 31.1 Å². The first-order chi connectivity index (χ1) is 8.31. The second-order valence-electron chi connectivity index (χ2n) is 5.21. The molecule has 0 aliphatic heterocycles. The van der Waals surface area contributed by atoms with Gasteiger partial charge in [-0.2, -0.15) is 0 Å². The molecule has 2 nitrogen and oxygen atoms in total. The molecule has 1 fully saturated rings. The molecule has 1 aliphatic rings. The standard InChI is InChI=1S/C15H24N2/c1-17(15-9-5-8-14(15)12-16)11-10-13-6-3-2-4-7-13/h2-4,6-7,14-15H,5,8-12,16H2,1H3. The van der Waals surface area contributed by atoms with Crippen molar-refractivity contribution in [3.8, 4) is 0 Å². The molecule has 0 saturated heterocycles.